The molecule has 0 bridgehead atoms. The number of rotatable bonds is 1. The van der Waals surface area contributed by atoms with Crippen LogP contribution in [0, 0.1) is 0 Å². The summed E-state index contributed by atoms with van der Waals surface area (Å²) >= 11 is 0. The molecule has 1 unspecified atom stereocenters. The molecule has 1 fully saturated rings. The molecular formula is C10H16ClN3. The summed E-state index contributed by atoms with van der Waals surface area (Å²) in [4.78, 5) is 6.66. The third-order valence-corrected chi connectivity index (χ3v) is 2.34. The predicted molar refractivity (Wildman–Crippen MR) is 61.2 cm³/mol. The molecule has 2 heterocycles. The molecule has 4 heteroatoms. The summed E-state index contributed by atoms with van der Waals surface area (Å²) in [6.45, 7) is 5.37. The Labute approximate surface area is 90.9 Å². The summed E-state index contributed by atoms with van der Waals surface area (Å²) < 4.78 is 0. The standard InChI is InChI=1S/C10H15N3.ClH/c1-9-8-13(7-6-11-9)10-4-2-3-5-12-10;/h2-5,9,11H,6-8H2,1H3;1H. The van der Waals surface area contributed by atoms with Gasteiger partial charge in [-0.05, 0) is 19.1 Å². The highest BCUT2D eigenvalue weighted by atomic mass is 35.5. The third-order valence-electron chi connectivity index (χ3n) is 2.34. The van der Waals surface area contributed by atoms with Gasteiger partial charge in [0.1, 0.15) is 5.82 Å². The first kappa shape index (κ1) is 11.3. The Hall–Kier alpha value is -0.800. The molecule has 14 heavy (non-hydrogen) atoms. The Kier molecular flexibility index (Phi) is 4.17. The molecule has 0 amide bonds. The smallest absolute Gasteiger partial charge is 0.128 e. The molecule has 1 aliphatic heterocycles. The normalized spacial score (nSPS) is 21.5. The molecule has 1 N–H and O–H groups in total. The van der Waals surface area contributed by atoms with Crippen LogP contribution in [0.5, 0.6) is 0 Å². The third kappa shape index (κ3) is 2.59. The molecule has 1 aromatic heterocycles. The van der Waals surface area contributed by atoms with Crippen molar-refractivity contribution in [3.63, 3.8) is 0 Å². The number of aromatic nitrogens is 1. The predicted octanol–water partition coefficient (Wildman–Crippen LogP) is 1.30. The Bertz CT molecular complexity index is 265. The fourth-order valence-electron chi connectivity index (χ4n) is 1.68. The van der Waals surface area contributed by atoms with Gasteiger partial charge in [-0.15, -0.1) is 12.4 Å². The number of hydrogen-bond acceptors (Lipinski definition) is 3. The van der Waals surface area contributed by atoms with E-state index < -0.39 is 0 Å². The molecule has 3 nitrogen and oxygen atoms in total. The summed E-state index contributed by atoms with van der Waals surface area (Å²) in [6, 6.07) is 6.62. The van der Waals surface area contributed by atoms with Crippen LogP contribution in [0.2, 0.25) is 0 Å². The Morgan fingerprint density at radius 3 is 3.00 bits per heavy atom. The lowest BCUT2D eigenvalue weighted by molar-refractivity contribution is 0.482. The van der Waals surface area contributed by atoms with Gasteiger partial charge in [-0.25, -0.2) is 4.98 Å². The Balaban J connectivity index is 0.000000980. The van der Waals surface area contributed by atoms with Crippen LogP contribution in [0.25, 0.3) is 0 Å². The molecule has 0 aliphatic carbocycles. The van der Waals surface area contributed by atoms with Gasteiger partial charge >= 0.3 is 0 Å². The van der Waals surface area contributed by atoms with Crippen LogP contribution in [-0.2, 0) is 0 Å². The minimum absolute atomic E-state index is 0. The largest absolute Gasteiger partial charge is 0.354 e. The van der Waals surface area contributed by atoms with Crippen LogP contribution >= 0.6 is 12.4 Å². The van der Waals surface area contributed by atoms with E-state index in [1.54, 1.807) is 0 Å². The number of nitrogens with one attached hydrogen (secondary N) is 1. The van der Waals surface area contributed by atoms with E-state index in [1.165, 1.54) is 0 Å². The van der Waals surface area contributed by atoms with Gasteiger partial charge in [0.15, 0.2) is 0 Å². The number of hydrogen-bond donors (Lipinski definition) is 1. The highest BCUT2D eigenvalue weighted by molar-refractivity contribution is 5.85. The lowest BCUT2D eigenvalue weighted by atomic mass is 10.2. The quantitative estimate of drug-likeness (QED) is 0.763. The highest BCUT2D eigenvalue weighted by Crippen LogP contribution is 2.10. The molecule has 1 atom stereocenters. The van der Waals surface area contributed by atoms with Crippen molar-refractivity contribution in [2.24, 2.45) is 0 Å². The molecular weight excluding hydrogens is 198 g/mol. The molecule has 78 valence electrons. The van der Waals surface area contributed by atoms with E-state index in [-0.39, 0.29) is 12.4 Å². The maximum Gasteiger partial charge on any atom is 0.128 e. The first-order valence-electron chi connectivity index (χ1n) is 4.75. The van der Waals surface area contributed by atoms with Crippen molar-refractivity contribution in [3.05, 3.63) is 24.4 Å². The van der Waals surface area contributed by atoms with Gasteiger partial charge in [0.25, 0.3) is 0 Å². The van der Waals surface area contributed by atoms with Crippen LogP contribution in [-0.4, -0.2) is 30.7 Å². The summed E-state index contributed by atoms with van der Waals surface area (Å²) in [6.07, 6.45) is 1.85. The fraction of sp³-hybridized carbons (Fsp3) is 0.500. The average Bonchev–Trinajstić information content (AvgIpc) is 2.19. The second kappa shape index (κ2) is 5.17. The maximum atomic E-state index is 4.34. The Morgan fingerprint density at radius 2 is 2.36 bits per heavy atom. The molecule has 1 aromatic rings. The lowest BCUT2D eigenvalue weighted by Gasteiger charge is -2.32. The number of pyridine rings is 1. The SMILES string of the molecule is CC1CN(c2ccccn2)CCN1.Cl. The van der Waals surface area contributed by atoms with E-state index >= 15 is 0 Å². The van der Waals surface area contributed by atoms with Gasteiger partial charge in [0, 0.05) is 31.9 Å². The summed E-state index contributed by atoms with van der Waals surface area (Å²) in [5, 5.41) is 3.41. The van der Waals surface area contributed by atoms with Crippen molar-refractivity contribution in [2.45, 2.75) is 13.0 Å². The number of piperazine rings is 1. The van der Waals surface area contributed by atoms with Crippen molar-refractivity contribution >= 4 is 18.2 Å². The van der Waals surface area contributed by atoms with Crippen LogP contribution < -0.4 is 10.2 Å². The second-order valence-electron chi connectivity index (χ2n) is 3.49. The fourth-order valence-corrected chi connectivity index (χ4v) is 1.68. The van der Waals surface area contributed by atoms with Crippen LogP contribution in [0.3, 0.4) is 0 Å². The average molecular weight is 214 g/mol. The van der Waals surface area contributed by atoms with E-state index in [0.29, 0.717) is 6.04 Å². The minimum Gasteiger partial charge on any atom is -0.354 e. The van der Waals surface area contributed by atoms with Crippen molar-refractivity contribution in [2.75, 3.05) is 24.5 Å². The van der Waals surface area contributed by atoms with Gasteiger partial charge < -0.3 is 10.2 Å². The van der Waals surface area contributed by atoms with Crippen molar-refractivity contribution in [1.29, 1.82) is 0 Å². The first-order chi connectivity index (χ1) is 6.36. The van der Waals surface area contributed by atoms with Crippen LogP contribution in [0.15, 0.2) is 24.4 Å². The zero-order valence-electron chi connectivity index (χ0n) is 8.31. The van der Waals surface area contributed by atoms with Crippen molar-refractivity contribution < 1.29 is 0 Å². The molecule has 1 saturated heterocycles. The number of anilines is 1. The van der Waals surface area contributed by atoms with Gasteiger partial charge in [-0.1, -0.05) is 6.07 Å². The minimum atomic E-state index is 0. The number of nitrogens with zero attached hydrogens (tertiary/aromatic N) is 2. The summed E-state index contributed by atoms with van der Waals surface area (Å²) in [5.74, 6) is 1.09. The number of halogens is 1. The molecule has 0 aromatic carbocycles. The van der Waals surface area contributed by atoms with Crippen LogP contribution in [0.1, 0.15) is 6.92 Å². The van der Waals surface area contributed by atoms with Crippen molar-refractivity contribution in [3.8, 4) is 0 Å². The molecule has 0 spiro atoms. The Morgan fingerprint density at radius 1 is 1.50 bits per heavy atom. The topological polar surface area (TPSA) is 28.2 Å². The maximum absolute atomic E-state index is 4.34. The second-order valence-corrected chi connectivity index (χ2v) is 3.49. The van der Waals surface area contributed by atoms with Gasteiger partial charge in [-0.2, -0.15) is 0 Å². The van der Waals surface area contributed by atoms with E-state index in [1.807, 2.05) is 18.3 Å². The van der Waals surface area contributed by atoms with Crippen molar-refractivity contribution in [1.82, 2.24) is 10.3 Å². The molecule has 0 radical (unpaired) electrons. The van der Waals surface area contributed by atoms with E-state index in [4.69, 9.17) is 0 Å². The molecule has 1 aliphatic rings. The molecule has 2 rings (SSSR count). The monoisotopic (exact) mass is 213 g/mol. The lowest BCUT2D eigenvalue weighted by Crippen LogP contribution is -2.49. The summed E-state index contributed by atoms with van der Waals surface area (Å²) in [5.41, 5.74) is 0. The van der Waals surface area contributed by atoms with Gasteiger partial charge in [0.05, 0.1) is 0 Å². The first-order valence-corrected chi connectivity index (χ1v) is 4.75. The van der Waals surface area contributed by atoms with E-state index in [9.17, 15) is 0 Å². The highest BCUT2D eigenvalue weighted by Gasteiger charge is 2.15. The summed E-state index contributed by atoms with van der Waals surface area (Å²) in [7, 11) is 0. The van der Waals surface area contributed by atoms with Gasteiger partial charge in [0.2, 0.25) is 0 Å². The van der Waals surface area contributed by atoms with Gasteiger partial charge in [-0.3, -0.25) is 0 Å². The van der Waals surface area contributed by atoms with Crippen LogP contribution in [0.4, 0.5) is 5.82 Å². The van der Waals surface area contributed by atoms with E-state index in [2.05, 4.69) is 28.2 Å². The van der Waals surface area contributed by atoms with E-state index in [0.717, 1.165) is 25.5 Å². The zero-order chi connectivity index (χ0) is 9.10. The zero-order valence-corrected chi connectivity index (χ0v) is 9.13. The molecule has 0 saturated carbocycles.